The molecule has 0 radical (unpaired) electrons. The summed E-state index contributed by atoms with van der Waals surface area (Å²) < 4.78 is 0. The van der Waals surface area contributed by atoms with Gasteiger partial charge in [0.1, 0.15) is 5.71 Å². The van der Waals surface area contributed by atoms with Crippen molar-refractivity contribution in [2.75, 3.05) is 0 Å². The van der Waals surface area contributed by atoms with Gasteiger partial charge in [-0.2, -0.15) is 5.10 Å². The maximum atomic E-state index is 11.7. The Morgan fingerprint density at radius 2 is 2.19 bits per heavy atom. The van der Waals surface area contributed by atoms with Gasteiger partial charge in [0.25, 0.3) is 5.56 Å². The number of aromatic amines is 1. The van der Waals surface area contributed by atoms with Gasteiger partial charge < -0.3 is 16.2 Å². The zero-order chi connectivity index (χ0) is 11.5. The maximum Gasteiger partial charge on any atom is 0.258 e. The Kier molecular flexibility index (Phi) is 2.51. The first kappa shape index (κ1) is 10.1. The van der Waals surface area contributed by atoms with E-state index in [4.69, 9.17) is 11.3 Å². The SMILES string of the molecule is N=CC(=NN)c1cc2ccccc2[nH]c1=O. The zero-order valence-corrected chi connectivity index (χ0v) is 8.40. The molecule has 80 valence electrons. The van der Waals surface area contributed by atoms with Crippen molar-refractivity contribution in [2.24, 2.45) is 10.9 Å². The van der Waals surface area contributed by atoms with Crippen LogP contribution in [0.3, 0.4) is 0 Å². The predicted molar refractivity (Wildman–Crippen MR) is 64.1 cm³/mol. The second kappa shape index (κ2) is 3.98. The van der Waals surface area contributed by atoms with Crippen molar-refractivity contribution in [3.05, 3.63) is 46.2 Å². The summed E-state index contributed by atoms with van der Waals surface area (Å²) in [6.45, 7) is 0. The Morgan fingerprint density at radius 3 is 2.88 bits per heavy atom. The first-order valence-corrected chi connectivity index (χ1v) is 4.67. The highest BCUT2D eigenvalue weighted by Gasteiger charge is 2.07. The van der Waals surface area contributed by atoms with Crippen LogP contribution in [0, 0.1) is 5.41 Å². The number of fused-ring (bicyclic) bond motifs is 1. The quantitative estimate of drug-likeness (QED) is 0.392. The number of hydrazone groups is 1. The molecule has 0 aliphatic carbocycles. The highest BCUT2D eigenvalue weighted by Crippen LogP contribution is 2.10. The number of hydrogen-bond donors (Lipinski definition) is 3. The summed E-state index contributed by atoms with van der Waals surface area (Å²) in [5, 5.41) is 11.4. The van der Waals surface area contributed by atoms with Crippen molar-refractivity contribution in [1.29, 1.82) is 5.41 Å². The summed E-state index contributed by atoms with van der Waals surface area (Å²) in [6.07, 6.45) is 0.958. The largest absolute Gasteiger partial charge is 0.323 e. The molecule has 0 bridgehead atoms. The molecule has 4 N–H and O–H groups in total. The fourth-order valence-electron chi connectivity index (χ4n) is 1.52. The third-order valence-corrected chi connectivity index (χ3v) is 2.31. The summed E-state index contributed by atoms with van der Waals surface area (Å²) in [7, 11) is 0. The Morgan fingerprint density at radius 1 is 1.44 bits per heavy atom. The number of pyridine rings is 1. The maximum absolute atomic E-state index is 11.7. The number of benzene rings is 1. The molecular weight excluding hydrogens is 204 g/mol. The van der Waals surface area contributed by atoms with E-state index in [-0.39, 0.29) is 11.3 Å². The van der Waals surface area contributed by atoms with Gasteiger partial charge in [0.2, 0.25) is 0 Å². The lowest BCUT2D eigenvalue weighted by atomic mass is 10.1. The van der Waals surface area contributed by atoms with Crippen LogP contribution in [-0.4, -0.2) is 16.9 Å². The highest BCUT2D eigenvalue weighted by atomic mass is 16.1. The van der Waals surface area contributed by atoms with Gasteiger partial charge in [0.15, 0.2) is 0 Å². The lowest BCUT2D eigenvalue weighted by Gasteiger charge is -2.01. The van der Waals surface area contributed by atoms with Gasteiger partial charge >= 0.3 is 0 Å². The predicted octanol–water partition coefficient (Wildman–Crippen LogP) is 0.840. The number of aromatic nitrogens is 1. The highest BCUT2D eigenvalue weighted by molar-refractivity contribution is 6.37. The van der Waals surface area contributed by atoms with E-state index < -0.39 is 0 Å². The smallest absolute Gasteiger partial charge is 0.258 e. The Bertz CT molecular complexity index is 627. The van der Waals surface area contributed by atoms with E-state index in [1.165, 1.54) is 0 Å². The van der Waals surface area contributed by atoms with Crippen LogP contribution in [0.4, 0.5) is 0 Å². The molecule has 0 aliphatic rings. The molecule has 5 heteroatoms. The first-order chi connectivity index (χ1) is 7.76. The summed E-state index contributed by atoms with van der Waals surface area (Å²) in [5.74, 6) is 5.11. The first-order valence-electron chi connectivity index (χ1n) is 4.67. The van der Waals surface area contributed by atoms with Crippen LogP contribution < -0.4 is 11.4 Å². The van der Waals surface area contributed by atoms with E-state index in [1.54, 1.807) is 6.07 Å². The summed E-state index contributed by atoms with van der Waals surface area (Å²) >= 11 is 0. The standard InChI is InChI=1S/C11H10N4O/c12-6-10(15-13)8-5-7-3-1-2-4-9(7)14-11(8)16/h1-6,12H,13H2,(H,14,16). The molecule has 0 unspecified atom stereocenters. The van der Waals surface area contributed by atoms with Gasteiger partial charge in [0, 0.05) is 11.7 Å². The molecular formula is C11H10N4O. The molecule has 0 spiro atoms. The molecule has 0 amide bonds. The minimum Gasteiger partial charge on any atom is -0.323 e. The number of nitrogens with one attached hydrogen (secondary N) is 2. The fourth-order valence-corrected chi connectivity index (χ4v) is 1.52. The van der Waals surface area contributed by atoms with Crippen LogP contribution in [0.25, 0.3) is 10.9 Å². The van der Waals surface area contributed by atoms with Crippen molar-refractivity contribution < 1.29 is 0 Å². The molecule has 1 heterocycles. The van der Waals surface area contributed by atoms with Crippen LogP contribution in [0.5, 0.6) is 0 Å². The van der Waals surface area contributed by atoms with E-state index in [2.05, 4.69) is 10.1 Å². The lowest BCUT2D eigenvalue weighted by molar-refractivity contribution is 1.23. The van der Waals surface area contributed by atoms with Crippen LogP contribution in [0.1, 0.15) is 5.56 Å². The topological polar surface area (TPSA) is 95.1 Å². The Labute approximate surface area is 91.1 Å². The number of H-pyrrole nitrogens is 1. The van der Waals surface area contributed by atoms with E-state index in [1.807, 2.05) is 24.3 Å². The number of para-hydroxylation sites is 1. The average Bonchev–Trinajstić information content (AvgIpc) is 2.31. The molecule has 16 heavy (non-hydrogen) atoms. The Hall–Kier alpha value is -2.43. The van der Waals surface area contributed by atoms with Crippen molar-refractivity contribution in [3.8, 4) is 0 Å². The molecule has 0 saturated carbocycles. The normalized spacial score (nSPS) is 11.6. The van der Waals surface area contributed by atoms with Crippen LogP contribution in [-0.2, 0) is 0 Å². The van der Waals surface area contributed by atoms with E-state index >= 15 is 0 Å². The minimum atomic E-state index is -0.300. The Balaban J connectivity index is 2.77. The molecule has 2 rings (SSSR count). The molecule has 1 aromatic carbocycles. The molecule has 0 aliphatic heterocycles. The number of nitrogens with two attached hydrogens (primary N) is 1. The van der Waals surface area contributed by atoms with Gasteiger partial charge in [0.05, 0.1) is 5.56 Å². The summed E-state index contributed by atoms with van der Waals surface area (Å²) in [5.41, 5.74) is 0.909. The van der Waals surface area contributed by atoms with Gasteiger partial charge in [-0.1, -0.05) is 18.2 Å². The number of hydrogen-bond acceptors (Lipinski definition) is 4. The average molecular weight is 214 g/mol. The second-order valence-corrected chi connectivity index (χ2v) is 3.26. The van der Waals surface area contributed by atoms with E-state index in [0.29, 0.717) is 5.56 Å². The molecule has 0 atom stereocenters. The zero-order valence-electron chi connectivity index (χ0n) is 8.40. The van der Waals surface area contributed by atoms with Crippen molar-refractivity contribution >= 4 is 22.8 Å². The molecule has 5 nitrogen and oxygen atoms in total. The second-order valence-electron chi connectivity index (χ2n) is 3.26. The fraction of sp³-hybridized carbons (Fsp3) is 0. The van der Waals surface area contributed by atoms with Gasteiger partial charge in [-0.15, -0.1) is 0 Å². The van der Waals surface area contributed by atoms with Crippen molar-refractivity contribution in [2.45, 2.75) is 0 Å². The lowest BCUT2D eigenvalue weighted by Crippen LogP contribution is -2.19. The van der Waals surface area contributed by atoms with Gasteiger partial charge in [-0.05, 0) is 17.5 Å². The molecule has 0 saturated heterocycles. The monoisotopic (exact) mass is 214 g/mol. The summed E-state index contributed by atoms with van der Waals surface area (Å²) in [4.78, 5) is 14.4. The molecule has 0 fully saturated rings. The van der Waals surface area contributed by atoms with E-state index in [9.17, 15) is 4.79 Å². The van der Waals surface area contributed by atoms with Crippen molar-refractivity contribution in [3.63, 3.8) is 0 Å². The van der Waals surface area contributed by atoms with Crippen LogP contribution in [0.15, 0.2) is 40.2 Å². The van der Waals surface area contributed by atoms with E-state index in [0.717, 1.165) is 17.1 Å². The number of rotatable bonds is 2. The third kappa shape index (κ3) is 1.58. The number of nitrogens with zero attached hydrogens (tertiary/aromatic N) is 1. The van der Waals surface area contributed by atoms with Gasteiger partial charge in [-0.3, -0.25) is 4.79 Å². The van der Waals surface area contributed by atoms with Crippen LogP contribution >= 0.6 is 0 Å². The minimum absolute atomic E-state index is 0.159. The van der Waals surface area contributed by atoms with Crippen molar-refractivity contribution in [1.82, 2.24) is 4.98 Å². The third-order valence-electron chi connectivity index (χ3n) is 2.31. The molecule has 2 aromatic rings. The van der Waals surface area contributed by atoms with Gasteiger partial charge in [-0.25, -0.2) is 0 Å². The van der Waals surface area contributed by atoms with Crippen LogP contribution in [0.2, 0.25) is 0 Å². The summed E-state index contributed by atoms with van der Waals surface area (Å²) in [6, 6.07) is 9.06. The molecule has 1 aromatic heterocycles.